The summed E-state index contributed by atoms with van der Waals surface area (Å²) in [6.07, 6.45) is -0.781. The van der Waals surface area contributed by atoms with E-state index in [0.29, 0.717) is 0 Å². The fourth-order valence-electron chi connectivity index (χ4n) is 0.830. The molecule has 0 aliphatic heterocycles. The highest BCUT2D eigenvalue weighted by Crippen LogP contribution is 2.09. The van der Waals surface area contributed by atoms with Crippen LogP contribution in [0.2, 0.25) is 0 Å². The minimum atomic E-state index is -4.39. The Balaban J connectivity index is 4.32. The van der Waals surface area contributed by atoms with E-state index in [4.69, 9.17) is 14.8 Å². The molecule has 0 amide bonds. The van der Waals surface area contributed by atoms with Gasteiger partial charge in [-0.1, -0.05) is 0 Å². The van der Waals surface area contributed by atoms with Crippen molar-refractivity contribution in [3.05, 3.63) is 0 Å². The summed E-state index contributed by atoms with van der Waals surface area (Å²) in [6.45, 7) is 0. The maximum absolute atomic E-state index is 10.4. The van der Waals surface area contributed by atoms with E-state index in [9.17, 15) is 18.0 Å². The van der Waals surface area contributed by atoms with Crippen molar-refractivity contribution in [2.24, 2.45) is 5.92 Å². The summed E-state index contributed by atoms with van der Waals surface area (Å²) in [4.78, 5) is 20.5. The Morgan fingerprint density at radius 1 is 1.21 bits per heavy atom. The van der Waals surface area contributed by atoms with Crippen molar-refractivity contribution in [3.8, 4) is 0 Å². The minimum Gasteiger partial charge on any atom is -0.481 e. The van der Waals surface area contributed by atoms with Gasteiger partial charge in [-0.25, -0.2) is 0 Å². The van der Waals surface area contributed by atoms with E-state index in [1.807, 2.05) is 0 Å². The first-order valence-corrected chi connectivity index (χ1v) is 5.23. The highest BCUT2D eigenvalue weighted by Gasteiger charge is 2.24. The normalized spacial score (nSPS) is 13.5. The van der Waals surface area contributed by atoms with Crippen LogP contribution in [0.25, 0.3) is 0 Å². The van der Waals surface area contributed by atoms with Crippen LogP contribution in [0.5, 0.6) is 0 Å². The molecular formula is C6H10O7S. The van der Waals surface area contributed by atoms with Gasteiger partial charge in [0.05, 0.1) is 11.7 Å². The lowest BCUT2D eigenvalue weighted by Crippen LogP contribution is -2.24. The molecule has 3 N–H and O–H groups in total. The van der Waals surface area contributed by atoms with Crippen molar-refractivity contribution in [3.63, 3.8) is 0 Å². The number of carboxylic acids is 2. The highest BCUT2D eigenvalue weighted by molar-refractivity contribution is 7.85. The molecule has 0 fully saturated rings. The maximum Gasteiger partial charge on any atom is 0.307 e. The van der Waals surface area contributed by atoms with E-state index in [-0.39, 0.29) is 6.42 Å². The van der Waals surface area contributed by atoms with Crippen LogP contribution in [0.4, 0.5) is 0 Å². The van der Waals surface area contributed by atoms with Gasteiger partial charge in [-0.15, -0.1) is 0 Å². The molecule has 0 spiro atoms. The summed E-state index contributed by atoms with van der Waals surface area (Å²) < 4.78 is 29.0. The van der Waals surface area contributed by atoms with Crippen molar-refractivity contribution >= 4 is 22.1 Å². The van der Waals surface area contributed by atoms with E-state index < -0.39 is 40.1 Å². The van der Waals surface area contributed by atoms with Gasteiger partial charge in [0, 0.05) is 6.42 Å². The van der Waals surface area contributed by atoms with E-state index in [2.05, 4.69) is 0 Å². The van der Waals surface area contributed by atoms with Gasteiger partial charge in [0.2, 0.25) is 0 Å². The van der Waals surface area contributed by atoms with Gasteiger partial charge in [-0.3, -0.25) is 14.1 Å². The lowest BCUT2D eigenvalue weighted by atomic mass is 10.1. The topological polar surface area (TPSA) is 129 Å². The average molecular weight is 226 g/mol. The van der Waals surface area contributed by atoms with Crippen LogP contribution < -0.4 is 0 Å². The van der Waals surface area contributed by atoms with Crippen molar-refractivity contribution < 1.29 is 32.8 Å². The Morgan fingerprint density at radius 3 is 2.00 bits per heavy atom. The van der Waals surface area contributed by atoms with Gasteiger partial charge in [-0.05, 0) is 6.42 Å². The smallest absolute Gasteiger partial charge is 0.307 e. The predicted molar refractivity (Wildman–Crippen MR) is 44.4 cm³/mol. The first-order valence-electron chi connectivity index (χ1n) is 3.62. The van der Waals surface area contributed by atoms with Gasteiger partial charge in [0.25, 0.3) is 10.1 Å². The molecule has 8 heteroatoms. The van der Waals surface area contributed by atoms with Crippen LogP contribution >= 0.6 is 0 Å². The van der Waals surface area contributed by atoms with Crippen LogP contribution in [-0.2, 0) is 19.7 Å². The molecule has 7 nitrogen and oxygen atoms in total. The fraction of sp³-hybridized carbons (Fsp3) is 0.667. The maximum atomic E-state index is 10.4. The summed E-state index contributed by atoms with van der Waals surface area (Å²) in [5.74, 6) is -5.01. The molecule has 0 heterocycles. The quantitative estimate of drug-likeness (QED) is 0.517. The second-order valence-electron chi connectivity index (χ2n) is 2.72. The van der Waals surface area contributed by atoms with Crippen molar-refractivity contribution in [2.45, 2.75) is 12.8 Å². The zero-order valence-electron chi connectivity index (χ0n) is 7.08. The number of carboxylic acid groups (broad SMARTS) is 2. The van der Waals surface area contributed by atoms with E-state index >= 15 is 0 Å². The zero-order valence-corrected chi connectivity index (χ0v) is 7.90. The molecular weight excluding hydrogens is 216 g/mol. The van der Waals surface area contributed by atoms with E-state index in [1.54, 1.807) is 0 Å². The molecule has 0 unspecified atom stereocenters. The SMILES string of the molecule is O=C(O)CC[C@@H](CS(=O)(=O)O)C(=O)O. The molecule has 0 bridgehead atoms. The zero-order chi connectivity index (χ0) is 11.4. The lowest BCUT2D eigenvalue weighted by Gasteiger charge is -2.07. The first kappa shape index (κ1) is 12.8. The molecule has 0 aromatic carbocycles. The largest absolute Gasteiger partial charge is 0.481 e. The molecule has 0 aliphatic rings. The summed E-state index contributed by atoms with van der Waals surface area (Å²) in [7, 11) is -4.39. The predicted octanol–water partition coefficient (Wildman–Crippen LogP) is -0.560. The molecule has 0 aromatic rings. The molecule has 14 heavy (non-hydrogen) atoms. The molecule has 1 atom stereocenters. The molecule has 0 radical (unpaired) electrons. The number of hydrogen-bond donors (Lipinski definition) is 3. The number of aliphatic carboxylic acids is 2. The van der Waals surface area contributed by atoms with Crippen LogP contribution in [0, 0.1) is 5.92 Å². The Hall–Kier alpha value is -1.15. The first-order chi connectivity index (χ1) is 6.22. The number of carbonyl (C=O) groups is 2. The van der Waals surface area contributed by atoms with E-state index in [0.717, 1.165) is 0 Å². The molecule has 0 saturated heterocycles. The Bertz CT molecular complexity index is 317. The van der Waals surface area contributed by atoms with Crippen LogP contribution in [0.15, 0.2) is 0 Å². The van der Waals surface area contributed by atoms with Crippen molar-refractivity contribution in [2.75, 3.05) is 5.75 Å². The fourth-order valence-corrected chi connectivity index (χ4v) is 1.65. The monoisotopic (exact) mass is 226 g/mol. The molecule has 0 aliphatic carbocycles. The Kier molecular flexibility index (Phi) is 4.51. The number of hydrogen-bond acceptors (Lipinski definition) is 4. The van der Waals surface area contributed by atoms with E-state index in [1.165, 1.54) is 0 Å². The van der Waals surface area contributed by atoms with Crippen LogP contribution in [0.3, 0.4) is 0 Å². The average Bonchev–Trinajstić information content (AvgIpc) is 1.94. The van der Waals surface area contributed by atoms with Gasteiger partial charge in [-0.2, -0.15) is 8.42 Å². The van der Waals surface area contributed by atoms with Crippen molar-refractivity contribution in [1.82, 2.24) is 0 Å². The summed E-state index contributed by atoms with van der Waals surface area (Å²) >= 11 is 0. The Morgan fingerprint density at radius 2 is 1.71 bits per heavy atom. The minimum absolute atomic E-state index is 0.329. The van der Waals surface area contributed by atoms with Crippen LogP contribution in [0.1, 0.15) is 12.8 Å². The second-order valence-corrected chi connectivity index (χ2v) is 4.21. The molecule has 0 saturated carbocycles. The van der Waals surface area contributed by atoms with Crippen molar-refractivity contribution in [1.29, 1.82) is 0 Å². The lowest BCUT2D eigenvalue weighted by molar-refractivity contribution is -0.142. The highest BCUT2D eigenvalue weighted by atomic mass is 32.2. The summed E-state index contributed by atoms with van der Waals surface area (Å²) in [5.41, 5.74) is 0. The molecule has 0 rings (SSSR count). The van der Waals surface area contributed by atoms with Gasteiger partial charge < -0.3 is 10.2 Å². The van der Waals surface area contributed by atoms with Gasteiger partial charge in [0.15, 0.2) is 0 Å². The summed E-state index contributed by atoms with van der Waals surface area (Å²) in [5, 5.41) is 16.7. The summed E-state index contributed by atoms with van der Waals surface area (Å²) in [6, 6.07) is 0. The Labute approximate surface area is 80.1 Å². The third kappa shape index (κ3) is 6.38. The standard InChI is InChI=1S/C6H10O7S/c7-5(8)2-1-4(6(9)10)3-14(11,12)13/h4H,1-3H2,(H,7,8)(H,9,10)(H,11,12,13)/t4-/m0/s1. The van der Waals surface area contributed by atoms with Crippen LogP contribution in [-0.4, -0.2) is 40.9 Å². The third-order valence-electron chi connectivity index (χ3n) is 1.47. The second kappa shape index (κ2) is 4.91. The number of rotatable bonds is 6. The molecule has 82 valence electrons. The van der Waals surface area contributed by atoms with Gasteiger partial charge in [0.1, 0.15) is 0 Å². The van der Waals surface area contributed by atoms with Gasteiger partial charge >= 0.3 is 11.9 Å². The molecule has 0 aromatic heterocycles. The third-order valence-corrected chi connectivity index (χ3v) is 2.29.